The van der Waals surface area contributed by atoms with E-state index in [1.165, 1.54) is 6.92 Å². The summed E-state index contributed by atoms with van der Waals surface area (Å²) in [6, 6.07) is 17.4. The second-order valence-electron chi connectivity index (χ2n) is 5.98. The Morgan fingerprint density at radius 3 is 2.25 bits per heavy atom. The zero-order valence-electron chi connectivity index (χ0n) is 15.1. The zero-order valence-corrected chi connectivity index (χ0v) is 15.9. The predicted octanol–water partition coefficient (Wildman–Crippen LogP) is 4.70. The molecule has 1 aromatic heterocycles. The molecule has 0 bridgehead atoms. The van der Waals surface area contributed by atoms with Crippen molar-refractivity contribution in [3.63, 3.8) is 0 Å². The number of carbonyl (C=O) groups is 2. The van der Waals surface area contributed by atoms with E-state index in [4.69, 9.17) is 16.3 Å². The molecule has 0 atom stereocenters. The summed E-state index contributed by atoms with van der Waals surface area (Å²) < 4.78 is 5.40. The Labute approximate surface area is 167 Å². The lowest BCUT2D eigenvalue weighted by Gasteiger charge is -2.09. The van der Waals surface area contributed by atoms with Crippen molar-refractivity contribution in [2.24, 2.45) is 0 Å². The number of Topliss-reactive ketones (excluding diaryl/α,β-unsaturated/α-hetero) is 1. The van der Waals surface area contributed by atoms with Crippen molar-refractivity contribution in [3.8, 4) is 5.75 Å². The molecule has 1 heterocycles. The van der Waals surface area contributed by atoms with Gasteiger partial charge >= 0.3 is 0 Å². The summed E-state index contributed by atoms with van der Waals surface area (Å²) in [6.07, 6.45) is 1.55. The molecule has 0 spiro atoms. The number of rotatable bonds is 7. The Kier molecular flexibility index (Phi) is 6.24. The number of pyridine rings is 1. The molecule has 3 rings (SSSR count). The standard InChI is InChI=1S/C21H18ClN3O3/c1-14(26)15-2-6-17(7-3-15)24-20-11-8-18(12-23-20)25-21(27)13-28-19-9-4-16(22)5-10-19/h2-12H,13H2,1H3,(H,23,24)(H,25,27). The largest absolute Gasteiger partial charge is 0.484 e. The summed E-state index contributed by atoms with van der Waals surface area (Å²) in [5.41, 5.74) is 2.02. The second-order valence-corrected chi connectivity index (χ2v) is 6.42. The molecule has 0 radical (unpaired) electrons. The lowest BCUT2D eigenvalue weighted by molar-refractivity contribution is -0.118. The minimum atomic E-state index is -0.294. The Bertz CT molecular complexity index is 956. The van der Waals surface area contributed by atoms with Crippen LogP contribution in [0.25, 0.3) is 0 Å². The van der Waals surface area contributed by atoms with Crippen LogP contribution >= 0.6 is 11.6 Å². The molecule has 142 valence electrons. The Balaban J connectivity index is 1.51. The van der Waals surface area contributed by atoms with Crippen LogP contribution in [-0.2, 0) is 4.79 Å². The number of benzene rings is 2. The maximum absolute atomic E-state index is 12.0. The summed E-state index contributed by atoms with van der Waals surface area (Å²) in [6.45, 7) is 1.40. The number of nitrogens with zero attached hydrogens (tertiary/aromatic N) is 1. The van der Waals surface area contributed by atoms with Crippen molar-refractivity contribution in [2.75, 3.05) is 17.2 Å². The first-order valence-electron chi connectivity index (χ1n) is 8.52. The monoisotopic (exact) mass is 395 g/mol. The van der Waals surface area contributed by atoms with Gasteiger partial charge in [-0.1, -0.05) is 11.6 Å². The van der Waals surface area contributed by atoms with E-state index in [1.807, 2.05) is 12.1 Å². The number of ketones is 1. The van der Waals surface area contributed by atoms with Gasteiger partial charge in [-0.05, 0) is 67.6 Å². The van der Waals surface area contributed by atoms with Crippen LogP contribution in [0.15, 0.2) is 66.9 Å². The number of anilines is 3. The normalized spacial score (nSPS) is 10.2. The van der Waals surface area contributed by atoms with Crippen LogP contribution < -0.4 is 15.4 Å². The van der Waals surface area contributed by atoms with Gasteiger partial charge < -0.3 is 15.4 Å². The van der Waals surface area contributed by atoms with Gasteiger partial charge in [-0.2, -0.15) is 0 Å². The number of ether oxygens (including phenoxy) is 1. The molecule has 6 nitrogen and oxygen atoms in total. The van der Waals surface area contributed by atoms with Gasteiger partial charge in [0.1, 0.15) is 11.6 Å². The minimum absolute atomic E-state index is 0.0183. The summed E-state index contributed by atoms with van der Waals surface area (Å²) in [7, 11) is 0. The number of carbonyl (C=O) groups excluding carboxylic acids is 2. The molecule has 0 aliphatic carbocycles. The molecular formula is C21H18ClN3O3. The highest BCUT2D eigenvalue weighted by molar-refractivity contribution is 6.30. The summed E-state index contributed by atoms with van der Waals surface area (Å²) in [5.74, 6) is 0.904. The minimum Gasteiger partial charge on any atom is -0.484 e. The van der Waals surface area contributed by atoms with Crippen LogP contribution in [0, 0.1) is 0 Å². The molecule has 0 saturated carbocycles. The number of halogens is 1. The van der Waals surface area contributed by atoms with Crippen LogP contribution in [0.4, 0.5) is 17.2 Å². The molecule has 2 aromatic carbocycles. The van der Waals surface area contributed by atoms with Crippen LogP contribution in [0.1, 0.15) is 17.3 Å². The first-order chi connectivity index (χ1) is 13.5. The maximum atomic E-state index is 12.0. The highest BCUT2D eigenvalue weighted by atomic mass is 35.5. The number of amides is 1. The molecule has 0 unspecified atom stereocenters. The molecule has 3 aromatic rings. The van der Waals surface area contributed by atoms with Crippen LogP contribution in [0.5, 0.6) is 5.75 Å². The number of hydrogen-bond donors (Lipinski definition) is 2. The van der Waals surface area contributed by atoms with E-state index in [9.17, 15) is 9.59 Å². The van der Waals surface area contributed by atoms with Gasteiger partial charge in [-0.25, -0.2) is 4.98 Å². The lowest BCUT2D eigenvalue weighted by Crippen LogP contribution is -2.20. The fraction of sp³-hybridized carbons (Fsp3) is 0.0952. The van der Waals surface area contributed by atoms with E-state index >= 15 is 0 Å². The number of nitrogens with one attached hydrogen (secondary N) is 2. The molecule has 2 N–H and O–H groups in total. The zero-order chi connectivity index (χ0) is 19.9. The van der Waals surface area contributed by atoms with Gasteiger partial charge in [0, 0.05) is 16.3 Å². The fourth-order valence-corrected chi connectivity index (χ4v) is 2.48. The van der Waals surface area contributed by atoms with Gasteiger partial charge in [0.2, 0.25) is 0 Å². The third kappa shape index (κ3) is 5.56. The summed E-state index contributed by atoms with van der Waals surface area (Å²) in [5, 5.41) is 6.45. The van der Waals surface area contributed by atoms with Gasteiger partial charge in [0.15, 0.2) is 12.4 Å². The highest BCUT2D eigenvalue weighted by Crippen LogP contribution is 2.18. The Morgan fingerprint density at radius 1 is 0.964 bits per heavy atom. The second kappa shape index (κ2) is 9.01. The number of aromatic nitrogens is 1. The topological polar surface area (TPSA) is 80.3 Å². The SMILES string of the molecule is CC(=O)c1ccc(Nc2ccc(NC(=O)COc3ccc(Cl)cc3)cn2)cc1. The van der Waals surface area contributed by atoms with Gasteiger partial charge in [-0.3, -0.25) is 9.59 Å². The molecule has 0 aliphatic heterocycles. The van der Waals surface area contributed by atoms with Crippen molar-refractivity contribution >= 4 is 40.5 Å². The van der Waals surface area contributed by atoms with Crippen molar-refractivity contribution in [3.05, 3.63) is 77.4 Å². The fourth-order valence-electron chi connectivity index (χ4n) is 2.35. The quantitative estimate of drug-likeness (QED) is 0.567. The average molecular weight is 396 g/mol. The molecular weight excluding hydrogens is 378 g/mol. The third-order valence-corrected chi connectivity index (χ3v) is 4.05. The van der Waals surface area contributed by atoms with Crippen molar-refractivity contribution in [1.82, 2.24) is 4.98 Å². The molecule has 0 aliphatic rings. The average Bonchev–Trinajstić information content (AvgIpc) is 2.69. The first kappa shape index (κ1) is 19.4. The molecule has 7 heteroatoms. The van der Waals surface area contributed by atoms with Gasteiger partial charge in [0.25, 0.3) is 5.91 Å². The molecule has 28 heavy (non-hydrogen) atoms. The Hall–Kier alpha value is -3.38. The maximum Gasteiger partial charge on any atom is 0.262 e. The highest BCUT2D eigenvalue weighted by Gasteiger charge is 2.05. The van der Waals surface area contributed by atoms with Crippen molar-refractivity contribution in [2.45, 2.75) is 6.92 Å². The lowest BCUT2D eigenvalue weighted by atomic mass is 10.1. The van der Waals surface area contributed by atoms with E-state index < -0.39 is 0 Å². The molecule has 0 fully saturated rings. The summed E-state index contributed by atoms with van der Waals surface area (Å²) in [4.78, 5) is 27.5. The Morgan fingerprint density at radius 2 is 1.64 bits per heavy atom. The predicted molar refractivity (Wildman–Crippen MR) is 110 cm³/mol. The molecule has 0 saturated heterocycles. The van der Waals surface area contributed by atoms with Crippen molar-refractivity contribution in [1.29, 1.82) is 0 Å². The van der Waals surface area contributed by atoms with E-state index in [2.05, 4.69) is 15.6 Å². The third-order valence-electron chi connectivity index (χ3n) is 3.79. The number of hydrogen-bond acceptors (Lipinski definition) is 5. The van der Waals surface area contributed by atoms with Crippen LogP contribution in [0.2, 0.25) is 5.02 Å². The van der Waals surface area contributed by atoms with E-state index in [-0.39, 0.29) is 18.3 Å². The van der Waals surface area contributed by atoms with E-state index in [1.54, 1.807) is 54.7 Å². The first-order valence-corrected chi connectivity index (χ1v) is 8.90. The van der Waals surface area contributed by atoms with Crippen LogP contribution in [-0.4, -0.2) is 23.3 Å². The van der Waals surface area contributed by atoms with Gasteiger partial charge in [0.05, 0.1) is 11.9 Å². The van der Waals surface area contributed by atoms with Crippen LogP contribution in [0.3, 0.4) is 0 Å². The molecule has 1 amide bonds. The van der Waals surface area contributed by atoms with E-state index in [0.717, 1.165) is 5.69 Å². The van der Waals surface area contributed by atoms with E-state index in [0.29, 0.717) is 27.8 Å². The summed E-state index contributed by atoms with van der Waals surface area (Å²) >= 11 is 5.80. The van der Waals surface area contributed by atoms with Crippen molar-refractivity contribution < 1.29 is 14.3 Å². The van der Waals surface area contributed by atoms with Gasteiger partial charge in [-0.15, -0.1) is 0 Å². The smallest absolute Gasteiger partial charge is 0.262 e.